The summed E-state index contributed by atoms with van der Waals surface area (Å²) in [6.45, 7) is 6.88. The summed E-state index contributed by atoms with van der Waals surface area (Å²) < 4.78 is 0. The van der Waals surface area contributed by atoms with Crippen molar-refractivity contribution >= 4 is 18.3 Å². The molecule has 94 valence electrons. The van der Waals surface area contributed by atoms with E-state index in [4.69, 9.17) is 0 Å². The Hall–Kier alpha value is -0.320. The zero-order valence-electron chi connectivity index (χ0n) is 10.0. The van der Waals surface area contributed by atoms with Crippen LogP contribution in [-0.2, 0) is 4.79 Å². The molecule has 2 aliphatic rings. The van der Waals surface area contributed by atoms with Crippen LogP contribution in [-0.4, -0.2) is 48.6 Å². The van der Waals surface area contributed by atoms with Gasteiger partial charge < -0.3 is 10.6 Å². The van der Waals surface area contributed by atoms with Crippen molar-refractivity contribution in [3.8, 4) is 0 Å². The molecule has 0 spiro atoms. The molecule has 0 aromatic heterocycles. The maximum atomic E-state index is 11.6. The molecule has 0 radical (unpaired) electrons. The Kier molecular flexibility index (Phi) is 5.02. The standard InChI is InChI=1S/C11H21N3O.ClH/c1-8-9(2)14(6-5-12-8)7-11(15)13-10-3-4-10;/h8-10,12H,3-7H2,1-2H3,(H,13,15);1H. The third-order valence-corrected chi connectivity index (χ3v) is 3.45. The van der Waals surface area contributed by atoms with Crippen LogP contribution in [0.2, 0.25) is 0 Å². The number of halogens is 1. The maximum absolute atomic E-state index is 11.6. The topological polar surface area (TPSA) is 44.4 Å². The molecular formula is C11H22ClN3O. The number of hydrogen-bond acceptors (Lipinski definition) is 3. The number of amides is 1. The highest BCUT2D eigenvalue weighted by Crippen LogP contribution is 2.18. The minimum Gasteiger partial charge on any atom is -0.352 e. The molecule has 1 amide bonds. The Morgan fingerprint density at radius 1 is 1.44 bits per heavy atom. The number of piperazine rings is 1. The Labute approximate surface area is 104 Å². The van der Waals surface area contributed by atoms with E-state index in [1.165, 1.54) is 12.8 Å². The number of nitrogens with one attached hydrogen (secondary N) is 2. The van der Waals surface area contributed by atoms with Crippen molar-refractivity contribution in [1.29, 1.82) is 0 Å². The van der Waals surface area contributed by atoms with Crippen LogP contribution < -0.4 is 10.6 Å². The summed E-state index contributed by atoms with van der Waals surface area (Å²) in [4.78, 5) is 13.9. The molecule has 16 heavy (non-hydrogen) atoms. The SMILES string of the molecule is CC1NCCN(CC(=O)NC2CC2)C1C.Cl. The van der Waals surface area contributed by atoms with Gasteiger partial charge in [0.1, 0.15) is 0 Å². The summed E-state index contributed by atoms with van der Waals surface area (Å²) in [7, 11) is 0. The van der Waals surface area contributed by atoms with Crippen molar-refractivity contribution in [3.05, 3.63) is 0 Å². The molecule has 4 nitrogen and oxygen atoms in total. The van der Waals surface area contributed by atoms with Gasteiger partial charge >= 0.3 is 0 Å². The van der Waals surface area contributed by atoms with Crippen LogP contribution in [0.3, 0.4) is 0 Å². The van der Waals surface area contributed by atoms with E-state index in [0.717, 1.165) is 13.1 Å². The highest BCUT2D eigenvalue weighted by atomic mass is 35.5. The first-order valence-corrected chi connectivity index (χ1v) is 5.93. The average Bonchev–Trinajstić information content (AvgIpc) is 2.97. The highest BCUT2D eigenvalue weighted by Gasteiger charge is 2.28. The molecule has 5 heteroatoms. The van der Waals surface area contributed by atoms with E-state index in [9.17, 15) is 4.79 Å². The van der Waals surface area contributed by atoms with Crippen molar-refractivity contribution < 1.29 is 4.79 Å². The van der Waals surface area contributed by atoms with Gasteiger partial charge in [0, 0.05) is 31.2 Å². The van der Waals surface area contributed by atoms with Crippen LogP contribution in [0, 0.1) is 0 Å². The number of rotatable bonds is 3. The van der Waals surface area contributed by atoms with E-state index in [0.29, 0.717) is 24.7 Å². The molecule has 1 heterocycles. The Bertz CT molecular complexity index is 245. The number of hydrogen-bond donors (Lipinski definition) is 2. The van der Waals surface area contributed by atoms with E-state index in [1.807, 2.05) is 0 Å². The lowest BCUT2D eigenvalue weighted by atomic mass is 10.1. The van der Waals surface area contributed by atoms with Crippen LogP contribution >= 0.6 is 12.4 Å². The summed E-state index contributed by atoms with van der Waals surface area (Å²) in [5.41, 5.74) is 0. The normalized spacial score (nSPS) is 30.6. The first-order chi connectivity index (χ1) is 7.16. The first-order valence-electron chi connectivity index (χ1n) is 5.93. The molecule has 1 aliphatic carbocycles. The number of carbonyl (C=O) groups excluding carboxylic acids is 1. The van der Waals surface area contributed by atoms with Crippen molar-refractivity contribution in [2.75, 3.05) is 19.6 Å². The predicted octanol–water partition coefficient (Wildman–Crippen LogP) is 0.369. The molecule has 2 unspecified atom stereocenters. The molecule has 2 N–H and O–H groups in total. The second kappa shape index (κ2) is 5.84. The lowest BCUT2D eigenvalue weighted by molar-refractivity contribution is -0.123. The fourth-order valence-electron chi connectivity index (χ4n) is 2.03. The van der Waals surface area contributed by atoms with E-state index in [-0.39, 0.29) is 18.3 Å². The average molecular weight is 248 g/mol. The van der Waals surface area contributed by atoms with Gasteiger partial charge in [0.2, 0.25) is 5.91 Å². The summed E-state index contributed by atoms with van der Waals surface area (Å²) in [6.07, 6.45) is 2.33. The van der Waals surface area contributed by atoms with Gasteiger partial charge in [0.05, 0.1) is 6.54 Å². The summed E-state index contributed by atoms with van der Waals surface area (Å²) >= 11 is 0. The largest absolute Gasteiger partial charge is 0.352 e. The lowest BCUT2D eigenvalue weighted by Gasteiger charge is -2.38. The Morgan fingerprint density at radius 2 is 2.12 bits per heavy atom. The smallest absolute Gasteiger partial charge is 0.234 e. The third kappa shape index (κ3) is 3.61. The van der Waals surface area contributed by atoms with Crippen LogP contribution in [0.4, 0.5) is 0 Å². The van der Waals surface area contributed by atoms with Gasteiger partial charge in [0.25, 0.3) is 0 Å². The van der Waals surface area contributed by atoms with Gasteiger partial charge in [-0.25, -0.2) is 0 Å². The van der Waals surface area contributed by atoms with Crippen molar-refractivity contribution in [2.24, 2.45) is 0 Å². The lowest BCUT2D eigenvalue weighted by Crippen LogP contribution is -2.57. The molecule has 2 fully saturated rings. The molecule has 0 aromatic rings. The second-order valence-electron chi connectivity index (χ2n) is 4.80. The first kappa shape index (κ1) is 13.7. The van der Waals surface area contributed by atoms with Gasteiger partial charge in [-0.2, -0.15) is 0 Å². The summed E-state index contributed by atoms with van der Waals surface area (Å²) in [5.74, 6) is 0.193. The van der Waals surface area contributed by atoms with Crippen LogP contribution in [0.5, 0.6) is 0 Å². The van der Waals surface area contributed by atoms with E-state index in [1.54, 1.807) is 0 Å². The summed E-state index contributed by atoms with van der Waals surface area (Å²) in [6, 6.07) is 1.41. The zero-order valence-corrected chi connectivity index (χ0v) is 10.8. The molecule has 1 saturated heterocycles. The number of carbonyl (C=O) groups is 1. The van der Waals surface area contributed by atoms with Gasteiger partial charge in [-0.05, 0) is 26.7 Å². The van der Waals surface area contributed by atoms with Crippen LogP contribution in [0.15, 0.2) is 0 Å². The fraction of sp³-hybridized carbons (Fsp3) is 0.909. The van der Waals surface area contributed by atoms with Crippen molar-refractivity contribution in [3.63, 3.8) is 0 Å². The van der Waals surface area contributed by atoms with Gasteiger partial charge in [-0.3, -0.25) is 9.69 Å². The van der Waals surface area contributed by atoms with E-state index >= 15 is 0 Å². The van der Waals surface area contributed by atoms with Gasteiger partial charge in [0.15, 0.2) is 0 Å². The quantitative estimate of drug-likeness (QED) is 0.758. The fourth-order valence-corrected chi connectivity index (χ4v) is 2.03. The van der Waals surface area contributed by atoms with Crippen LogP contribution in [0.1, 0.15) is 26.7 Å². The molecule has 0 bridgehead atoms. The summed E-state index contributed by atoms with van der Waals surface area (Å²) in [5, 5.41) is 6.45. The van der Waals surface area contributed by atoms with Crippen molar-refractivity contribution in [1.82, 2.24) is 15.5 Å². The van der Waals surface area contributed by atoms with Gasteiger partial charge in [-0.1, -0.05) is 0 Å². The third-order valence-electron chi connectivity index (χ3n) is 3.45. The molecule has 2 rings (SSSR count). The molecular weight excluding hydrogens is 226 g/mol. The molecule has 0 aromatic carbocycles. The van der Waals surface area contributed by atoms with Gasteiger partial charge in [-0.15, -0.1) is 12.4 Å². The molecule has 2 atom stereocenters. The van der Waals surface area contributed by atoms with Crippen molar-refractivity contribution in [2.45, 2.75) is 44.8 Å². The van der Waals surface area contributed by atoms with Crippen LogP contribution in [0.25, 0.3) is 0 Å². The predicted molar refractivity (Wildman–Crippen MR) is 66.9 cm³/mol. The molecule has 1 saturated carbocycles. The monoisotopic (exact) mass is 247 g/mol. The van der Waals surface area contributed by atoms with E-state index < -0.39 is 0 Å². The Balaban J connectivity index is 0.00000128. The maximum Gasteiger partial charge on any atom is 0.234 e. The minimum atomic E-state index is 0. The number of nitrogens with zero attached hydrogens (tertiary/aromatic N) is 1. The van der Waals surface area contributed by atoms with E-state index in [2.05, 4.69) is 29.4 Å². The highest BCUT2D eigenvalue weighted by molar-refractivity contribution is 5.85. The second-order valence-corrected chi connectivity index (χ2v) is 4.80. The Morgan fingerprint density at radius 3 is 2.75 bits per heavy atom. The minimum absolute atomic E-state index is 0. The zero-order chi connectivity index (χ0) is 10.8. The molecule has 1 aliphatic heterocycles.